The second-order valence-corrected chi connectivity index (χ2v) is 17.2. The van der Waals surface area contributed by atoms with E-state index in [1.807, 2.05) is 158 Å². The summed E-state index contributed by atoms with van der Waals surface area (Å²) in [6.45, 7) is 11.1. The number of nitrogens with zero attached hydrogens (tertiary/aromatic N) is 3. The zero-order valence-electron chi connectivity index (χ0n) is 39.9. The number of amides is 4. The van der Waals surface area contributed by atoms with Gasteiger partial charge in [0.1, 0.15) is 0 Å². The quantitative estimate of drug-likeness (QED) is 0.0585. The Labute approximate surface area is 425 Å². The molecule has 6 heterocycles. The highest BCUT2D eigenvalue weighted by molar-refractivity contribution is 6.09. The molecule has 8 aromatic rings. The predicted octanol–water partition coefficient (Wildman–Crippen LogP) is 12.7. The molecule has 4 amide bonds. The van der Waals surface area contributed by atoms with Gasteiger partial charge in [0, 0.05) is 108 Å². The molecule has 6 N–H and O–H groups in total. The molecule has 2 aliphatic rings. The number of H-pyrrole nitrogens is 2. The number of para-hydroxylation sites is 4. The second kappa shape index (κ2) is 21.0. The van der Waals surface area contributed by atoms with E-state index in [0.29, 0.717) is 119 Å². The summed E-state index contributed by atoms with van der Waals surface area (Å²) in [6, 6.07) is 41.6. The van der Waals surface area contributed by atoms with Crippen LogP contribution in [0.2, 0.25) is 0 Å². The van der Waals surface area contributed by atoms with Gasteiger partial charge in [0.25, 0.3) is 0 Å². The highest BCUT2D eigenvalue weighted by atomic mass is 16.2. The molecule has 0 spiro atoms. The Kier molecular flexibility index (Phi) is 13.4. The normalized spacial score (nSPS) is 11.4. The first-order valence-corrected chi connectivity index (χ1v) is 23.7. The van der Waals surface area contributed by atoms with Gasteiger partial charge in [-0.1, -0.05) is 98.6 Å². The number of nitrogens with one attached hydrogen (secondary N) is 6. The van der Waals surface area contributed by atoms with Crippen molar-refractivity contribution in [1.29, 1.82) is 0 Å². The van der Waals surface area contributed by atoms with Crippen molar-refractivity contribution >= 4 is 92.7 Å². The van der Waals surface area contributed by atoms with E-state index >= 15 is 0 Å². The first-order chi connectivity index (χ1) is 36.2. The van der Waals surface area contributed by atoms with Crippen LogP contribution in [0, 0.1) is 0 Å². The third kappa shape index (κ3) is 9.76. The lowest BCUT2D eigenvalue weighted by molar-refractivity contribution is -0.116. The third-order valence-electron chi connectivity index (χ3n) is 12.5. The lowest BCUT2D eigenvalue weighted by atomic mass is 10.0. The first kappa shape index (κ1) is 47.4. The van der Waals surface area contributed by atoms with E-state index in [2.05, 4.69) is 56.0 Å². The Bertz CT molecular complexity index is 3780. The number of carbonyl (C=O) groups excluding carboxylic acids is 4. The molecule has 13 nitrogen and oxygen atoms in total. The summed E-state index contributed by atoms with van der Waals surface area (Å²) in [4.78, 5) is 75.3. The summed E-state index contributed by atoms with van der Waals surface area (Å²) in [7, 11) is 0. The summed E-state index contributed by atoms with van der Waals surface area (Å²) >= 11 is 0. The van der Waals surface area contributed by atoms with Gasteiger partial charge in [0.15, 0.2) is 0 Å². The Morgan fingerprint density at radius 2 is 0.770 bits per heavy atom. The number of aromatic amines is 2. The molecule has 13 heteroatoms. The molecule has 4 aromatic heterocycles. The second-order valence-electron chi connectivity index (χ2n) is 17.2. The zero-order valence-corrected chi connectivity index (χ0v) is 39.9. The van der Waals surface area contributed by atoms with Gasteiger partial charge in [-0.15, -0.1) is 0 Å². The highest BCUT2D eigenvalue weighted by Gasteiger charge is 2.23. The van der Waals surface area contributed by atoms with Crippen molar-refractivity contribution in [1.82, 2.24) is 24.9 Å². The van der Waals surface area contributed by atoms with Crippen molar-refractivity contribution in [2.75, 3.05) is 21.3 Å². The minimum absolute atomic E-state index is 0.177. The predicted molar refractivity (Wildman–Crippen MR) is 298 cm³/mol. The lowest BCUT2D eigenvalue weighted by Gasteiger charge is -2.13. The number of benzene rings is 4. The number of pyridine rings is 1. The highest BCUT2D eigenvalue weighted by Crippen LogP contribution is 2.43. The topological polar surface area (TPSA) is 187 Å². The fourth-order valence-electron chi connectivity index (χ4n) is 9.15. The van der Waals surface area contributed by atoms with Crippen LogP contribution in [0.3, 0.4) is 0 Å². The minimum Gasteiger partial charge on any atom is -0.354 e. The van der Waals surface area contributed by atoms with Crippen LogP contribution in [0.15, 0.2) is 184 Å². The van der Waals surface area contributed by atoms with Crippen molar-refractivity contribution in [3.8, 4) is 44.5 Å². The van der Waals surface area contributed by atoms with E-state index in [1.165, 1.54) is 18.2 Å². The number of anilines is 4. The molecule has 4 aromatic carbocycles. The Morgan fingerprint density at radius 1 is 0.432 bits per heavy atom. The van der Waals surface area contributed by atoms with Gasteiger partial charge >= 0.3 is 0 Å². The van der Waals surface area contributed by atoms with Crippen molar-refractivity contribution in [2.24, 2.45) is 0 Å². The van der Waals surface area contributed by atoms with E-state index in [4.69, 9.17) is 9.97 Å². The van der Waals surface area contributed by atoms with Crippen LogP contribution in [0.5, 0.6) is 0 Å². The molecule has 0 unspecified atom stereocenters. The van der Waals surface area contributed by atoms with Crippen LogP contribution >= 0.6 is 0 Å². The number of aryl methyl sites for hydroxylation is 1. The van der Waals surface area contributed by atoms with Crippen LogP contribution in [0.25, 0.3) is 90.9 Å². The monoisotopic (exact) mass is 969 g/mol. The average molecular weight is 970 g/mol. The molecular formula is C61H47N9O4. The molecule has 360 valence electrons. The van der Waals surface area contributed by atoms with Crippen molar-refractivity contribution in [3.05, 3.63) is 212 Å². The van der Waals surface area contributed by atoms with Crippen LogP contribution in [0.4, 0.5) is 22.7 Å². The molecule has 10 rings (SSSR count). The fourth-order valence-corrected chi connectivity index (χ4v) is 9.15. The smallest absolute Gasteiger partial charge is 0.247 e. The number of aromatic nitrogens is 5. The van der Waals surface area contributed by atoms with Crippen LogP contribution in [-0.4, -0.2) is 48.5 Å². The molecule has 0 saturated heterocycles. The Hall–Kier alpha value is -10.3. The third-order valence-corrected chi connectivity index (χ3v) is 12.5. The van der Waals surface area contributed by atoms with Gasteiger partial charge < -0.3 is 31.2 Å². The summed E-state index contributed by atoms with van der Waals surface area (Å²) in [5, 5.41) is 12.2. The van der Waals surface area contributed by atoms with Crippen molar-refractivity contribution < 1.29 is 19.2 Å². The summed E-state index contributed by atoms with van der Waals surface area (Å²) in [5.41, 5.74) is 13.3. The SMILES string of the molecule is C=CC(=O)Nc1ccccc1-c1c2nc(c(-c3ccccc3NC(=O)C=C)c3ccc([nH]3)c(-c3ccccc3NC(=O)CCc3cccnc3)c3nc(c(-c4ccccc4NC(=O)C=C)c4ccc1[nH]4)C=C3)C=C2. The van der Waals surface area contributed by atoms with Gasteiger partial charge in [-0.3, -0.25) is 24.2 Å². The number of rotatable bonds is 14. The van der Waals surface area contributed by atoms with E-state index in [1.54, 1.807) is 12.4 Å². The molecule has 0 atom stereocenters. The number of fused-ring (bicyclic) bond motifs is 8. The van der Waals surface area contributed by atoms with Crippen LogP contribution < -0.4 is 21.3 Å². The standard InChI is InChI=1S/C61H47N9O4/c1-4-54(71)67-42-21-11-7-17-38(42)58-46-26-28-48(63-46)59(39-18-8-12-22-43(39)68-55(72)5-2)50-30-32-52(65-50)61(41-20-10-14-24-45(41)70-57(74)34-25-37-16-15-35-62-36-37)53-33-31-51(66-53)60(49-29-27-47(58)64-49)40-19-9-13-23-44(40)69-56(73)6-3/h4-24,26-33,35-36,63,66H,1-3,25,34H2,(H,67,71)(H,68,72)(H,69,73)(H,70,74). The average Bonchev–Trinajstić information content (AvgIpc) is 4.29. The van der Waals surface area contributed by atoms with E-state index in [9.17, 15) is 19.2 Å². The van der Waals surface area contributed by atoms with Gasteiger partial charge in [0.05, 0.1) is 22.8 Å². The molecule has 0 fully saturated rings. The molecular weight excluding hydrogens is 923 g/mol. The molecule has 0 saturated carbocycles. The maximum Gasteiger partial charge on any atom is 0.247 e. The van der Waals surface area contributed by atoms with E-state index in [-0.39, 0.29) is 30.0 Å². The van der Waals surface area contributed by atoms with Crippen LogP contribution in [-0.2, 0) is 25.6 Å². The van der Waals surface area contributed by atoms with Crippen LogP contribution in [0.1, 0.15) is 34.8 Å². The zero-order chi connectivity index (χ0) is 51.1. The van der Waals surface area contributed by atoms with E-state index in [0.717, 1.165) is 5.56 Å². The largest absolute Gasteiger partial charge is 0.354 e. The molecule has 74 heavy (non-hydrogen) atoms. The van der Waals surface area contributed by atoms with Gasteiger partial charge in [-0.05, 0) is 109 Å². The van der Waals surface area contributed by atoms with Gasteiger partial charge in [-0.2, -0.15) is 0 Å². The van der Waals surface area contributed by atoms with Crippen molar-refractivity contribution in [2.45, 2.75) is 12.8 Å². The number of carbonyl (C=O) groups is 4. The molecule has 0 radical (unpaired) electrons. The molecule has 0 aliphatic carbocycles. The fraction of sp³-hybridized carbons (Fsp3) is 0.0328. The summed E-state index contributed by atoms with van der Waals surface area (Å²) < 4.78 is 0. The first-order valence-electron chi connectivity index (χ1n) is 23.7. The maximum absolute atomic E-state index is 13.8. The summed E-state index contributed by atoms with van der Waals surface area (Å²) in [6.07, 6.45) is 15.6. The Morgan fingerprint density at radius 3 is 1.09 bits per heavy atom. The minimum atomic E-state index is -0.389. The lowest BCUT2D eigenvalue weighted by Crippen LogP contribution is -2.13. The molecule has 8 bridgehead atoms. The Balaban J connectivity index is 1.32. The summed E-state index contributed by atoms with van der Waals surface area (Å²) in [5.74, 6) is -1.34. The van der Waals surface area contributed by atoms with E-state index < -0.39 is 0 Å². The molecule has 2 aliphatic heterocycles. The van der Waals surface area contributed by atoms with Crippen molar-refractivity contribution in [3.63, 3.8) is 0 Å². The number of hydrogen-bond acceptors (Lipinski definition) is 7. The van der Waals surface area contributed by atoms with Gasteiger partial charge in [0.2, 0.25) is 23.6 Å². The maximum atomic E-state index is 13.8. The number of hydrogen-bond donors (Lipinski definition) is 6. The van der Waals surface area contributed by atoms with Gasteiger partial charge in [-0.25, -0.2) is 9.97 Å².